The molecule has 2 heterocycles. The standard InChI is InChI=1S/C17H34N2/c1-17(2,3)16-8-13-19(14-9-16)12-4-5-15-6-10-18-11-7-15/h15-16,18H,4-14H2,1-3H3. The first-order chi connectivity index (χ1) is 9.05. The summed E-state index contributed by atoms with van der Waals surface area (Å²) in [5.41, 5.74) is 0.515. The SMILES string of the molecule is CC(C)(C)C1CCN(CCCC2CCNCC2)CC1. The smallest absolute Gasteiger partial charge is 0.00159 e. The average molecular weight is 266 g/mol. The lowest BCUT2D eigenvalue weighted by molar-refractivity contribution is 0.110. The second-order valence-electron chi connectivity index (χ2n) is 7.82. The predicted molar refractivity (Wildman–Crippen MR) is 83.4 cm³/mol. The Balaban J connectivity index is 1.58. The van der Waals surface area contributed by atoms with Gasteiger partial charge in [0, 0.05) is 0 Å². The van der Waals surface area contributed by atoms with Gasteiger partial charge in [0.05, 0.1) is 0 Å². The zero-order valence-corrected chi connectivity index (χ0v) is 13.4. The van der Waals surface area contributed by atoms with Gasteiger partial charge in [-0.2, -0.15) is 0 Å². The molecule has 2 nitrogen and oxygen atoms in total. The fourth-order valence-electron chi connectivity index (χ4n) is 3.80. The molecule has 19 heavy (non-hydrogen) atoms. The number of hydrogen-bond acceptors (Lipinski definition) is 2. The van der Waals surface area contributed by atoms with Gasteiger partial charge in [0.25, 0.3) is 0 Å². The van der Waals surface area contributed by atoms with E-state index in [0.29, 0.717) is 5.41 Å². The molecule has 0 aliphatic carbocycles. The molecular formula is C17H34N2. The van der Waals surface area contributed by atoms with Crippen molar-refractivity contribution >= 4 is 0 Å². The highest BCUT2D eigenvalue weighted by atomic mass is 15.1. The molecule has 0 bridgehead atoms. The number of likely N-dealkylation sites (tertiary alicyclic amines) is 1. The van der Waals surface area contributed by atoms with Crippen molar-refractivity contribution in [1.29, 1.82) is 0 Å². The molecule has 0 atom stereocenters. The summed E-state index contributed by atoms with van der Waals surface area (Å²) < 4.78 is 0. The lowest BCUT2D eigenvalue weighted by atomic mass is 9.75. The van der Waals surface area contributed by atoms with Gasteiger partial charge in [-0.3, -0.25) is 0 Å². The van der Waals surface area contributed by atoms with Crippen LogP contribution in [-0.2, 0) is 0 Å². The topological polar surface area (TPSA) is 15.3 Å². The van der Waals surface area contributed by atoms with Gasteiger partial charge in [-0.1, -0.05) is 20.8 Å². The minimum atomic E-state index is 0.515. The number of piperidine rings is 2. The van der Waals surface area contributed by atoms with E-state index in [1.54, 1.807) is 0 Å². The summed E-state index contributed by atoms with van der Waals surface area (Å²) in [5, 5.41) is 3.46. The van der Waals surface area contributed by atoms with Crippen LogP contribution in [0.25, 0.3) is 0 Å². The molecule has 2 aliphatic heterocycles. The maximum Gasteiger partial charge on any atom is -0.00159 e. The summed E-state index contributed by atoms with van der Waals surface area (Å²) in [6.07, 6.45) is 8.53. The van der Waals surface area contributed by atoms with Crippen LogP contribution in [0.1, 0.15) is 59.3 Å². The van der Waals surface area contributed by atoms with Crippen molar-refractivity contribution < 1.29 is 0 Å². The zero-order chi connectivity index (χ0) is 13.7. The molecule has 112 valence electrons. The van der Waals surface area contributed by atoms with Crippen LogP contribution < -0.4 is 5.32 Å². The molecule has 2 saturated heterocycles. The molecule has 1 N–H and O–H groups in total. The van der Waals surface area contributed by atoms with Crippen LogP contribution in [0.4, 0.5) is 0 Å². The van der Waals surface area contributed by atoms with E-state index in [9.17, 15) is 0 Å². The summed E-state index contributed by atoms with van der Waals surface area (Å²) in [6, 6.07) is 0. The van der Waals surface area contributed by atoms with Gasteiger partial charge in [-0.15, -0.1) is 0 Å². The van der Waals surface area contributed by atoms with Crippen LogP contribution in [-0.4, -0.2) is 37.6 Å². The van der Waals surface area contributed by atoms with Gasteiger partial charge in [-0.25, -0.2) is 0 Å². The summed E-state index contributed by atoms with van der Waals surface area (Å²) in [4.78, 5) is 2.71. The first-order valence-electron chi connectivity index (χ1n) is 8.49. The quantitative estimate of drug-likeness (QED) is 0.837. The van der Waals surface area contributed by atoms with Crippen molar-refractivity contribution in [1.82, 2.24) is 10.2 Å². The minimum Gasteiger partial charge on any atom is -0.317 e. The molecule has 0 unspecified atom stereocenters. The van der Waals surface area contributed by atoms with E-state index in [2.05, 4.69) is 31.0 Å². The van der Waals surface area contributed by atoms with Crippen molar-refractivity contribution in [2.75, 3.05) is 32.7 Å². The van der Waals surface area contributed by atoms with E-state index in [0.717, 1.165) is 11.8 Å². The van der Waals surface area contributed by atoms with Gasteiger partial charge >= 0.3 is 0 Å². The molecular weight excluding hydrogens is 232 g/mol. The second-order valence-corrected chi connectivity index (χ2v) is 7.82. The number of nitrogens with one attached hydrogen (secondary N) is 1. The normalized spacial score (nSPS) is 24.8. The van der Waals surface area contributed by atoms with Crippen LogP contribution in [0.3, 0.4) is 0 Å². The Bertz CT molecular complexity index is 242. The van der Waals surface area contributed by atoms with Crippen LogP contribution >= 0.6 is 0 Å². The van der Waals surface area contributed by atoms with E-state index in [-0.39, 0.29) is 0 Å². The van der Waals surface area contributed by atoms with Gasteiger partial charge in [0.15, 0.2) is 0 Å². The third-order valence-corrected chi connectivity index (χ3v) is 5.36. The Morgan fingerprint density at radius 3 is 2.21 bits per heavy atom. The van der Waals surface area contributed by atoms with Gasteiger partial charge in [-0.05, 0) is 88.5 Å². The molecule has 0 amide bonds. The van der Waals surface area contributed by atoms with Gasteiger partial charge in [0.2, 0.25) is 0 Å². The van der Waals surface area contributed by atoms with Crippen molar-refractivity contribution in [3.63, 3.8) is 0 Å². The molecule has 0 aromatic heterocycles. The zero-order valence-electron chi connectivity index (χ0n) is 13.4. The van der Waals surface area contributed by atoms with E-state index in [1.807, 2.05) is 0 Å². The Labute approximate surface area is 120 Å². The highest BCUT2D eigenvalue weighted by molar-refractivity contribution is 4.80. The second kappa shape index (κ2) is 7.08. The first-order valence-corrected chi connectivity index (χ1v) is 8.49. The van der Waals surface area contributed by atoms with Crippen LogP contribution in [0.15, 0.2) is 0 Å². The summed E-state index contributed by atoms with van der Waals surface area (Å²) in [5.74, 6) is 1.95. The van der Waals surface area contributed by atoms with Gasteiger partial charge in [0.1, 0.15) is 0 Å². The Hall–Kier alpha value is -0.0800. The molecule has 0 saturated carbocycles. The molecule has 2 rings (SSSR count). The van der Waals surface area contributed by atoms with Crippen LogP contribution in [0.5, 0.6) is 0 Å². The third kappa shape index (κ3) is 5.07. The monoisotopic (exact) mass is 266 g/mol. The molecule has 2 fully saturated rings. The third-order valence-electron chi connectivity index (χ3n) is 5.36. The molecule has 0 aromatic carbocycles. The van der Waals surface area contributed by atoms with E-state index >= 15 is 0 Å². The van der Waals surface area contributed by atoms with Crippen LogP contribution in [0, 0.1) is 17.3 Å². The number of nitrogens with zero attached hydrogens (tertiary/aromatic N) is 1. The minimum absolute atomic E-state index is 0.515. The van der Waals surface area contributed by atoms with Crippen molar-refractivity contribution in [3.05, 3.63) is 0 Å². The summed E-state index contributed by atoms with van der Waals surface area (Å²) >= 11 is 0. The summed E-state index contributed by atoms with van der Waals surface area (Å²) in [7, 11) is 0. The molecule has 0 spiro atoms. The molecule has 0 radical (unpaired) electrons. The Kier molecular flexibility index (Phi) is 5.70. The fraction of sp³-hybridized carbons (Fsp3) is 1.00. The number of hydrogen-bond donors (Lipinski definition) is 1. The first kappa shape index (κ1) is 15.3. The maximum absolute atomic E-state index is 3.46. The van der Waals surface area contributed by atoms with Crippen molar-refractivity contribution in [2.24, 2.45) is 17.3 Å². The Morgan fingerprint density at radius 1 is 1.00 bits per heavy atom. The molecule has 2 heteroatoms. The van der Waals surface area contributed by atoms with Crippen LogP contribution in [0.2, 0.25) is 0 Å². The molecule has 0 aromatic rings. The summed E-state index contributed by atoms with van der Waals surface area (Å²) in [6.45, 7) is 13.8. The lowest BCUT2D eigenvalue weighted by Gasteiger charge is -2.39. The van der Waals surface area contributed by atoms with E-state index < -0.39 is 0 Å². The molecule has 2 aliphatic rings. The largest absolute Gasteiger partial charge is 0.317 e. The fourth-order valence-corrected chi connectivity index (χ4v) is 3.80. The lowest BCUT2D eigenvalue weighted by Crippen LogP contribution is -2.38. The van der Waals surface area contributed by atoms with Crippen molar-refractivity contribution in [3.8, 4) is 0 Å². The Morgan fingerprint density at radius 2 is 1.63 bits per heavy atom. The highest BCUT2D eigenvalue weighted by Crippen LogP contribution is 2.34. The number of rotatable bonds is 4. The maximum atomic E-state index is 3.46. The van der Waals surface area contributed by atoms with E-state index in [1.165, 1.54) is 71.2 Å². The highest BCUT2D eigenvalue weighted by Gasteiger charge is 2.28. The van der Waals surface area contributed by atoms with Crippen molar-refractivity contribution in [2.45, 2.75) is 59.3 Å². The average Bonchev–Trinajstić information content (AvgIpc) is 2.39. The predicted octanol–water partition coefficient (Wildman–Crippen LogP) is 3.52. The van der Waals surface area contributed by atoms with Gasteiger partial charge < -0.3 is 10.2 Å². The van der Waals surface area contributed by atoms with E-state index in [4.69, 9.17) is 0 Å².